The number of amides is 1. The summed E-state index contributed by atoms with van der Waals surface area (Å²) in [5, 5.41) is 3.72. The van der Waals surface area contributed by atoms with Gasteiger partial charge in [0, 0.05) is 23.6 Å². The monoisotopic (exact) mass is 370 g/mol. The highest BCUT2D eigenvalue weighted by atomic mass is 79.9. The number of carbonyl (C=O) groups is 1. The molecule has 0 radical (unpaired) electrons. The van der Waals surface area contributed by atoms with E-state index in [1.165, 1.54) is 0 Å². The lowest BCUT2D eigenvalue weighted by Gasteiger charge is -2.27. The fraction of sp³-hybridized carbons (Fsp3) is 0.231. The van der Waals surface area contributed by atoms with Gasteiger partial charge in [-0.2, -0.15) is 0 Å². The molecule has 110 valence electrons. The SMILES string of the molecule is NC(=O)CCN1C=COc2cc(Br)c(Cl)c3c2C1=NCN3. The number of nitrogens with zero attached hydrogens (tertiary/aromatic N) is 2. The zero-order chi connectivity index (χ0) is 15.0. The molecule has 21 heavy (non-hydrogen) atoms. The molecule has 0 aliphatic carbocycles. The molecule has 0 unspecified atom stereocenters. The number of benzene rings is 1. The molecule has 2 aliphatic rings. The predicted molar refractivity (Wildman–Crippen MR) is 84.5 cm³/mol. The maximum Gasteiger partial charge on any atom is 0.219 e. The van der Waals surface area contributed by atoms with Crippen LogP contribution in [0.1, 0.15) is 12.0 Å². The number of anilines is 1. The van der Waals surface area contributed by atoms with E-state index >= 15 is 0 Å². The number of nitrogens with one attached hydrogen (secondary N) is 1. The third-order valence-electron chi connectivity index (χ3n) is 3.20. The van der Waals surface area contributed by atoms with Crippen LogP contribution in [-0.2, 0) is 4.79 Å². The Morgan fingerprint density at radius 2 is 2.43 bits per heavy atom. The number of primary amides is 1. The van der Waals surface area contributed by atoms with Crippen molar-refractivity contribution in [3.05, 3.63) is 33.6 Å². The van der Waals surface area contributed by atoms with Crippen molar-refractivity contribution in [2.45, 2.75) is 6.42 Å². The summed E-state index contributed by atoms with van der Waals surface area (Å²) in [5.74, 6) is 0.991. The number of ether oxygens (including phenoxy) is 1. The summed E-state index contributed by atoms with van der Waals surface area (Å²) in [6, 6.07) is 1.80. The lowest BCUT2D eigenvalue weighted by atomic mass is 10.1. The molecule has 2 heterocycles. The van der Waals surface area contributed by atoms with E-state index in [2.05, 4.69) is 26.2 Å². The van der Waals surface area contributed by atoms with Crippen molar-refractivity contribution in [3.63, 3.8) is 0 Å². The van der Waals surface area contributed by atoms with Crippen LogP contribution in [0.25, 0.3) is 0 Å². The van der Waals surface area contributed by atoms with Gasteiger partial charge in [0.25, 0.3) is 0 Å². The molecule has 2 aliphatic heterocycles. The molecule has 1 aromatic rings. The highest BCUT2D eigenvalue weighted by Gasteiger charge is 2.28. The number of hydrogen-bond acceptors (Lipinski definition) is 5. The van der Waals surface area contributed by atoms with Gasteiger partial charge in [-0.05, 0) is 22.0 Å². The van der Waals surface area contributed by atoms with Crippen LogP contribution in [0.5, 0.6) is 5.75 Å². The minimum absolute atomic E-state index is 0.228. The fourth-order valence-electron chi connectivity index (χ4n) is 2.25. The van der Waals surface area contributed by atoms with Crippen LogP contribution in [-0.4, -0.2) is 29.9 Å². The first-order valence-corrected chi connectivity index (χ1v) is 7.44. The van der Waals surface area contributed by atoms with Gasteiger partial charge in [0.15, 0.2) is 0 Å². The van der Waals surface area contributed by atoms with Crippen molar-refractivity contribution in [1.82, 2.24) is 4.90 Å². The van der Waals surface area contributed by atoms with Crippen LogP contribution >= 0.6 is 27.5 Å². The van der Waals surface area contributed by atoms with Crippen molar-refractivity contribution in [3.8, 4) is 5.75 Å². The molecule has 3 rings (SSSR count). The average Bonchev–Trinajstić information content (AvgIpc) is 2.63. The molecule has 1 aromatic carbocycles. The number of rotatable bonds is 3. The smallest absolute Gasteiger partial charge is 0.219 e. The number of amidine groups is 1. The second-order valence-electron chi connectivity index (χ2n) is 4.55. The molecule has 0 fully saturated rings. The maximum atomic E-state index is 11.0. The molecule has 0 aromatic heterocycles. The highest BCUT2D eigenvalue weighted by molar-refractivity contribution is 9.10. The Morgan fingerprint density at radius 1 is 1.62 bits per heavy atom. The quantitative estimate of drug-likeness (QED) is 0.854. The van der Waals surface area contributed by atoms with Crippen LogP contribution in [0.15, 0.2) is 28.0 Å². The first-order valence-electron chi connectivity index (χ1n) is 6.27. The maximum absolute atomic E-state index is 11.0. The van der Waals surface area contributed by atoms with Gasteiger partial charge in [0.1, 0.15) is 24.5 Å². The van der Waals surface area contributed by atoms with Crippen LogP contribution in [0, 0.1) is 0 Å². The summed E-state index contributed by atoms with van der Waals surface area (Å²) < 4.78 is 6.36. The summed E-state index contributed by atoms with van der Waals surface area (Å²) >= 11 is 9.73. The van der Waals surface area contributed by atoms with E-state index in [-0.39, 0.29) is 12.3 Å². The highest BCUT2D eigenvalue weighted by Crippen LogP contribution is 2.42. The number of nitrogens with two attached hydrogens (primary N) is 1. The van der Waals surface area contributed by atoms with Gasteiger partial charge in [-0.15, -0.1) is 0 Å². The summed E-state index contributed by atoms with van der Waals surface area (Å²) in [7, 11) is 0. The van der Waals surface area contributed by atoms with Crippen LogP contribution in [0.3, 0.4) is 0 Å². The van der Waals surface area contributed by atoms with Gasteiger partial charge in [-0.3, -0.25) is 4.79 Å². The lowest BCUT2D eigenvalue weighted by molar-refractivity contribution is -0.118. The Labute approximate surface area is 134 Å². The average molecular weight is 372 g/mol. The zero-order valence-corrected chi connectivity index (χ0v) is 13.2. The zero-order valence-electron chi connectivity index (χ0n) is 10.9. The summed E-state index contributed by atoms with van der Waals surface area (Å²) in [5.41, 5.74) is 6.76. The molecule has 3 N–H and O–H groups in total. The fourth-order valence-corrected chi connectivity index (χ4v) is 2.87. The van der Waals surface area contributed by atoms with Gasteiger partial charge in [-0.1, -0.05) is 11.6 Å². The minimum Gasteiger partial charge on any atom is -0.463 e. The molecule has 6 nitrogen and oxygen atoms in total. The standard InChI is InChI=1S/C13H12BrClN4O2/c14-7-5-8-10-12(11(7)15)17-6-18-13(10)19(3-4-21-8)2-1-9(16)20/h3-5,17H,1-2,6H2,(H2,16,20). The van der Waals surface area contributed by atoms with E-state index in [1.54, 1.807) is 18.5 Å². The Morgan fingerprint density at radius 3 is 3.19 bits per heavy atom. The first-order chi connectivity index (χ1) is 10.1. The van der Waals surface area contributed by atoms with E-state index in [9.17, 15) is 4.79 Å². The largest absolute Gasteiger partial charge is 0.463 e. The van der Waals surface area contributed by atoms with E-state index in [0.29, 0.717) is 29.8 Å². The van der Waals surface area contributed by atoms with Crippen molar-refractivity contribution in [1.29, 1.82) is 0 Å². The van der Waals surface area contributed by atoms with E-state index in [0.717, 1.165) is 15.7 Å². The number of carbonyl (C=O) groups excluding carboxylic acids is 1. The van der Waals surface area contributed by atoms with Gasteiger partial charge < -0.3 is 20.7 Å². The molecule has 0 bridgehead atoms. The van der Waals surface area contributed by atoms with Gasteiger partial charge >= 0.3 is 0 Å². The normalized spacial score (nSPS) is 15.5. The van der Waals surface area contributed by atoms with Gasteiger partial charge in [0.2, 0.25) is 5.91 Å². The van der Waals surface area contributed by atoms with Crippen molar-refractivity contribution >= 4 is 45.0 Å². The first kappa shape index (κ1) is 14.2. The number of halogens is 2. The third kappa shape index (κ3) is 2.58. The van der Waals surface area contributed by atoms with Crippen LogP contribution in [0.4, 0.5) is 5.69 Å². The van der Waals surface area contributed by atoms with Crippen molar-refractivity contribution in [2.24, 2.45) is 10.7 Å². The summed E-state index contributed by atoms with van der Waals surface area (Å²) in [6.45, 7) is 0.833. The number of hydrogen-bond donors (Lipinski definition) is 2. The Kier molecular flexibility index (Phi) is 3.77. The number of aliphatic imine (C=N–C) groups is 1. The van der Waals surface area contributed by atoms with Crippen LogP contribution < -0.4 is 15.8 Å². The topological polar surface area (TPSA) is 80.0 Å². The lowest BCUT2D eigenvalue weighted by Crippen LogP contribution is -2.33. The second kappa shape index (κ2) is 5.57. The third-order valence-corrected chi connectivity index (χ3v) is 4.44. The molecule has 1 amide bonds. The van der Waals surface area contributed by atoms with Gasteiger partial charge in [0.05, 0.1) is 16.3 Å². The van der Waals surface area contributed by atoms with Crippen LogP contribution in [0.2, 0.25) is 5.02 Å². The Bertz CT molecular complexity index is 675. The second-order valence-corrected chi connectivity index (χ2v) is 5.78. The van der Waals surface area contributed by atoms with E-state index in [1.807, 2.05) is 4.90 Å². The molecule has 0 saturated heterocycles. The van der Waals surface area contributed by atoms with Crippen molar-refractivity contribution in [2.75, 3.05) is 18.5 Å². The molecule has 8 heteroatoms. The van der Waals surface area contributed by atoms with Gasteiger partial charge in [-0.25, -0.2) is 4.99 Å². The molecular formula is C13H12BrClN4O2. The summed E-state index contributed by atoms with van der Waals surface area (Å²) in [4.78, 5) is 17.3. The summed E-state index contributed by atoms with van der Waals surface area (Å²) in [6.07, 6.45) is 3.52. The predicted octanol–water partition coefficient (Wildman–Crippen LogP) is 2.27. The molecule has 0 spiro atoms. The Hall–Kier alpha value is -1.73. The van der Waals surface area contributed by atoms with E-state index < -0.39 is 0 Å². The Balaban J connectivity index is 2.07. The van der Waals surface area contributed by atoms with Crippen molar-refractivity contribution < 1.29 is 9.53 Å². The molecule has 0 atom stereocenters. The minimum atomic E-state index is -0.364. The van der Waals surface area contributed by atoms with E-state index in [4.69, 9.17) is 22.1 Å². The molecule has 0 saturated carbocycles. The molecular weight excluding hydrogens is 360 g/mol.